The Kier molecular flexibility index (Phi) is 42.7. The van der Waals surface area contributed by atoms with Crippen LogP contribution in [0.4, 0.5) is 0 Å². The van der Waals surface area contributed by atoms with Crippen molar-refractivity contribution >= 4 is 37.5 Å². The first-order chi connectivity index (χ1) is 31.3. The van der Waals surface area contributed by atoms with E-state index in [1.165, 1.54) is 134 Å². The summed E-state index contributed by atoms with van der Waals surface area (Å²) in [5, 5.41) is 19.4. The Labute approximate surface area is 398 Å². The van der Waals surface area contributed by atoms with E-state index >= 15 is 0 Å². The van der Waals surface area contributed by atoms with Crippen LogP contribution in [0.1, 0.15) is 207 Å². The SMILES string of the molecule is CCCCC/C=C\C\C=C/C=C/C=C/[C@@H](SC[C@H](N)C(=O)O[C@H](COC(=O)CCCCCCCCCCCCCCCCCCCCC(C)CC)COP(=O)(O)O)[C@@H](O)CCCC(=O)O. The van der Waals surface area contributed by atoms with E-state index in [9.17, 15) is 33.8 Å². The van der Waals surface area contributed by atoms with Crippen molar-refractivity contribution in [3.63, 3.8) is 0 Å². The number of rotatable bonds is 46. The van der Waals surface area contributed by atoms with Gasteiger partial charge < -0.3 is 35.2 Å². The number of phosphoric ester groups is 1. The highest BCUT2D eigenvalue weighted by Crippen LogP contribution is 2.36. The van der Waals surface area contributed by atoms with Crippen LogP contribution >= 0.6 is 19.6 Å². The van der Waals surface area contributed by atoms with E-state index in [1.807, 2.05) is 24.3 Å². The number of hydrogen-bond acceptors (Lipinski definition) is 10. The molecular weight excluding hydrogens is 866 g/mol. The Bertz CT molecular complexity index is 1340. The predicted molar refractivity (Wildman–Crippen MR) is 268 cm³/mol. The molecule has 0 bridgehead atoms. The Balaban J connectivity index is 4.58. The van der Waals surface area contributed by atoms with E-state index in [0.29, 0.717) is 6.42 Å². The number of thioether (sulfide) groups is 1. The second-order valence-electron chi connectivity index (χ2n) is 17.6. The fourth-order valence-corrected chi connectivity index (χ4v) is 8.56. The summed E-state index contributed by atoms with van der Waals surface area (Å²) >= 11 is 1.18. The Morgan fingerprint density at radius 1 is 0.677 bits per heavy atom. The number of nitrogens with two attached hydrogens (primary N) is 1. The monoisotopic (exact) mass is 958 g/mol. The molecule has 1 unspecified atom stereocenters. The first-order valence-corrected chi connectivity index (χ1v) is 27.8. The molecule has 0 aromatic rings. The van der Waals surface area contributed by atoms with Crippen LogP contribution in [0.5, 0.6) is 0 Å². The minimum atomic E-state index is -4.92. The van der Waals surface area contributed by atoms with Crippen LogP contribution in [-0.2, 0) is 32.9 Å². The highest BCUT2D eigenvalue weighted by atomic mass is 32.2. The Morgan fingerprint density at radius 2 is 1.25 bits per heavy atom. The number of phosphoric acid groups is 1. The van der Waals surface area contributed by atoms with Crippen molar-refractivity contribution in [3.05, 3.63) is 48.6 Å². The number of carboxylic acid groups (broad SMARTS) is 1. The van der Waals surface area contributed by atoms with Crippen LogP contribution in [0.2, 0.25) is 0 Å². The van der Waals surface area contributed by atoms with Gasteiger partial charge in [0.25, 0.3) is 0 Å². The number of esters is 2. The molecule has 0 aromatic carbocycles. The van der Waals surface area contributed by atoms with Gasteiger partial charge in [0.05, 0.1) is 12.7 Å². The van der Waals surface area contributed by atoms with E-state index in [1.54, 1.807) is 12.2 Å². The fourth-order valence-electron chi connectivity index (χ4n) is 7.07. The largest absolute Gasteiger partial charge is 0.481 e. The molecule has 0 radical (unpaired) electrons. The lowest BCUT2D eigenvalue weighted by Crippen LogP contribution is -2.40. The number of carbonyl (C=O) groups excluding carboxylic acids is 2. The molecule has 0 aliphatic carbocycles. The zero-order valence-electron chi connectivity index (χ0n) is 40.7. The zero-order valence-corrected chi connectivity index (χ0v) is 42.4. The summed E-state index contributed by atoms with van der Waals surface area (Å²) in [6.07, 6.45) is 44.4. The Hall–Kier alpha value is -2.25. The summed E-state index contributed by atoms with van der Waals surface area (Å²) in [7, 11) is -4.92. The van der Waals surface area contributed by atoms with Crippen molar-refractivity contribution < 1.29 is 52.9 Å². The lowest BCUT2D eigenvalue weighted by Gasteiger charge is -2.23. The number of aliphatic hydroxyl groups is 1. The highest BCUT2D eigenvalue weighted by Gasteiger charge is 2.27. The topological polar surface area (TPSA) is 203 Å². The maximum Gasteiger partial charge on any atom is 0.469 e. The van der Waals surface area contributed by atoms with Gasteiger partial charge in [-0.1, -0.05) is 204 Å². The minimum Gasteiger partial charge on any atom is -0.481 e. The van der Waals surface area contributed by atoms with Crippen LogP contribution in [0.15, 0.2) is 48.6 Å². The van der Waals surface area contributed by atoms with Gasteiger partial charge in [-0.3, -0.25) is 18.9 Å². The van der Waals surface area contributed by atoms with Crippen LogP contribution in [0.25, 0.3) is 0 Å². The maximum absolute atomic E-state index is 13.0. The molecule has 14 heteroatoms. The van der Waals surface area contributed by atoms with Crippen molar-refractivity contribution in [3.8, 4) is 0 Å². The van der Waals surface area contributed by atoms with Crippen LogP contribution in [-0.4, -0.2) is 80.4 Å². The van der Waals surface area contributed by atoms with Gasteiger partial charge in [0.1, 0.15) is 12.6 Å². The van der Waals surface area contributed by atoms with Crippen molar-refractivity contribution in [2.24, 2.45) is 11.7 Å². The maximum atomic E-state index is 13.0. The average molecular weight is 958 g/mol. The molecule has 378 valence electrons. The predicted octanol–water partition coefficient (Wildman–Crippen LogP) is 12.6. The van der Waals surface area contributed by atoms with E-state index < -0.39 is 62.4 Å². The van der Waals surface area contributed by atoms with Crippen LogP contribution in [0, 0.1) is 5.92 Å². The van der Waals surface area contributed by atoms with Crippen molar-refractivity contribution in [1.82, 2.24) is 0 Å². The third-order valence-corrected chi connectivity index (χ3v) is 13.3. The molecule has 5 atom stereocenters. The third-order valence-electron chi connectivity index (χ3n) is 11.4. The summed E-state index contributed by atoms with van der Waals surface area (Å²) in [6, 6.07) is -1.20. The molecule has 0 amide bonds. The lowest BCUT2D eigenvalue weighted by molar-refractivity contribution is -0.161. The highest BCUT2D eigenvalue weighted by molar-refractivity contribution is 8.00. The zero-order chi connectivity index (χ0) is 48.2. The number of carboxylic acids is 1. The summed E-state index contributed by atoms with van der Waals surface area (Å²) in [6.45, 7) is 5.65. The molecule has 0 saturated heterocycles. The summed E-state index contributed by atoms with van der Waals surface area (Å²) in [5.41, 5.74) is 6.14. The van der Waals surface area contributed by atoms with E-state index in [4.69, 9.17) is 20.3 Å². The van der Waals surface area contributed by atoms with E-state index in [2.05, 4.69) is 37.4 Å². The number of aliphatic hydroxyl groups excluding tert-OH is 1. The quantitative estimate of drug-likeness (QED) is 0.0127. The first-order valence-electron chi connectivity index (χ1n) is 25.3. The summed E-state index contributed by atoms with van der Waals surface area (Å²) in [4.78, 5) is 55.0. The number of ether oxygens (including phenoxy) is 2. The van der Waals surface area contributed by atoms with Gasteiger partial charge in [-0.25, -0.2) is 4.57 Å². The molecule has 0 rings (SSSR count). The lowest BCUT2D eigenvalue weighted by atomic mass is 9.99. The normalized spacial score (nSPS) is 14.7. The standard InChI is InChI=1S/C51H92NO11PS/c1-4-6-7-8-9-10-11-21-24-27-30-33-38-48(47(53)37-35-39-49(54)55)65-43-46(52)51(57)63-45(42-62-64(58,59)60)41-61-50(56)40-34-31-28-25-22-19-17-15-13-12-14-16-18-20-23-26-29-32-36-44(3)5-2/h9-10,21,24,27,30,33,38,44-48,53H,4-8,11-20,22-23,25-26,28-29,31-32,34-37,39-43,52H2,1-3H3,(H,54,55)(H2,58,59,60)/b10-9-,24-21-,30-27+,38-33+/t44?,45-,46+,47+,48-/m1/s1. The molecule has 6 N–H and O–H groups in total. The molecule has 0 spiro atoms. The van der Waals surface area contributed by atoms with Crippen molar-refractivity contribution in [2.75, 3.05) is 19.0 Å². The molecule has 0 aliphatic rings. The van der Waals surface area contributed by atoms with Crippen LogP contribution in [0.3, 0.4) is 0 Å². The third kappa shape index (κ3) is 44.0. The van der Waals surface area contributed by atoms with Crippen molar-refractivity contribution in [2.45, 2.75) is 230 Å². The van der Waals surface area contributed by atoms with Gasteiger partial charge in [0.15, 0.2) is 6.10 Å². The fraction of sp³-hybridized carbons (Fsp3) is 0.784. The number of carbonyl (C=O) groups is 3. The minimum absolute atomic E-state index is 0.00299. The van der Waals surface area contributed by atoms with Gasteiger partial charge in [-0.15, -0.1) is 11.8 Å². The molecule has 0 fully saturated rings. The van der Waals surface area contributed by atoms with Gasteiger partial charge in [0, 0.05) is 23.8 Å². The smallest absolute Gasteiger partial charge is 0.469 e. The molecule has 0 heterocycles. The molecule has 65 heavy (non-hydrogen) atoms. The molecule has 0 aliphatic heterocycles. The van der Waals surface area contributed by atoms with Gasteiger partial charge in [-0.05, 0) is 44.4 Å². The average Bonchev–Trinajstić information content (AvgIpc) is 3.27. The summed E-state index contributed by atoms with van der Waals surface area (Å²) < 4.78 is 26.6. The number of hydrogen-bond donors (Lipinski definition) is 5. The van der Waals surface area contributed by atoms with Crippen molar-refractivity contribution in [1.29, 1.82) is 0 Å². The number of unbranched alkanes of at least 4 members (excludes halogenated alkanes) is 20. The van der Waals surface area contributed by atoms with Gasteiger partial charge >= 0.3 is 25.7 Å². The second-order valence-corrected chi connectivity index (χ2v) is 20.1. The number of aliphatic carboxylic acids is 1. The molecule has 12 nitrogen and oxygen atoms in total. The van der Waals surface area contributed by atoms with E-state index in [-0.39, 0.29) is 31.4 Å². The molecule has 0 aromatic heterocycles. The molecular formula is C51H92NO11PS. The second kappa shape index (κ2) is 44.3. The summed E-state index contributed by atoms with van der Waals surface area (Å²) in [5.74, 6) is -1.49. The van der Waals surface area contributed by atoms with E-state index in [0.717, 1.165) is 38.0 Å². The number of allylic oxidation sites excluding steroid dienone is 7. The van der Waals surface area contributed by atoms with Gasteiger partial charge in [0.2, 0.25) is 0 Å². The van der Waals surface area contributed by atoms with Gasteiger partial charge in [-0.2, -0.15) is 0 Å². The Morgan fingerprint density at radius 3 is 1.80 bits per heavy atom. The first kappa shape index (κ1) is 62.8. The van der Waals surface area contributed by atoms with Crippen LogP contribution < -0.4 is 5.73 Å². The molecule has 0 saturated carbocycles.